The van der Waals surface area contributed by atoms with Crippen molar-refractivity contribution < 1.29 is 0 Å². The minimum absolute atomic E-state index is 0.956. The number of para-hydroxylation sites is 1. The Morgan fingerprint density at radius 1 is 0.700 bits per heavy atom. The summed E-state index contributed by atoms with van der Waals surface area (Å²) in [7, 11) is 0. The van der Waals surface area contributed by atoms with Gasteiger partial charge in [0.05, 0.1) is 34.3 Å². The van der Waals surface area contributed by atoms with Gasteiger partial charge in [-0.25, -0.2) is 0 Å². The Hall–Kier alpha value is -4.05. The van der Waals surface area contributed by atoms with Crippen LogP contribution in [0, 0.1) is 6.92 Å². The molecule has 3 aromatic carbocycles. The van der Waals surface area contributed by atoms with E-state index in [4.69, 9.17) is 9.97 Å². The van der Waals surface area contributed by atoms with Gasteiger partial charge in [0.1, 0.15) is 0 Å². The van der Waals surface area contributed by atoms with Crippen LogP contribution in [0.25, 0.3) is 60.8 Å². The molecule has 1 aliphatic rings. The van der Waals surface area contributed by atoms with Crippen LogP contribution in [0.5, 0.6) is 0 Å². The Bertz CT molecular complexity index is 1610. The fourth-order valence-corrected chi connectivity index (χ4v) is 5.02. The fourth-order valence-electron chi connectivity index (χ4n) is 5.02. The first kappa shape index (κ1) is 15.8. The Morgan fingerprint density at radius 3 is 2.37 bits per heavy atom. The number of nitrogens with zero attached hydrogens (tertiary/aromatic N) is 4. The van der Waals surface area contributed by atoms with Gasteiger partial charge in [0.15, 0.2) is 0 Å². The lowest BCUT2D eigenvalue weighted by atomic mass is 9.99. The van der Waals surface area contributed by atoms with E-state index >= 15 is 0 Å². The number of hydrogen-bond acceptors (Lipinski definition) is 3. The molecule has 0 radical (unpaired) electrons. The van der Waals surface area contributed by atoms with Gasteiger partial charge in [0.25, 0.3) is 0 Å². The molecule has 1 aliphatic carbocycles. The second-order valence-electron chi connectivity index (χ2n) is 7.81. The van der Waals surface area contributed by atoms with Crippen LogP contribution in [0.4, 0.5) is 0 Å². The number of benzene rings is 3. The molecule has 3 aromatic heterocycles. The van der Waals surface area contributed by atoms with Crippen molar-refractivity contribution in [3.8, 4) is 28.2 Å². The van der Waals surface area contributed by atoms with E-state index in [0.29, 0.717) is 0 Å². The molecule has 0 saturated heterocycles. The number of fused-ring (bicyclic) bond motifs is 6. The first-order valence-corrected chi connectivity index (χ1v) is 10.0. The minimum Gasteiger partial charge on any atom is -0.307 e. The number of pyridine rings is 1. The standard InChI is InChI=1S/C26H16N4/c1-15-6-7-16-8-9-20(24-23(16)22(15)25-26(24)29-13-12-28-25)30-19-5-3-2-4-17(19)18-10-11-27-14-21(18)30/h2-14H,1H3. The summed E-state index contributed by atoms with van der Waals surface area (Å²) in [5.74, 6) is 0. The van der Waals surface area contributed by atoms with Crippen LogP contribution >= 0.6 is 0 Å². The smallest absolute Gasteiger partial charge is 0.0993 e. The van der Waals surface area contributed by atoms with E-state index in [1.54, 1.807) is 12.4 Å². The number of aryl methyl sites for hydroxylation is 1. The summed E-state index contributed by atoms with van der Waals surface area (Å²) in [6, 6.07) is 19.4. The third-order valence-electron chi connectivity index (χ3n) is 6.26. The summed E-state index contributed by atoms with van der Waals surface area (Å²) in [4.78, 5) is 13.9. The molecule has 4 heteroatoms. The molecule has 0 spiro atoms. The van der Waals surface area contributed by atoms with Crippen molar-refractivity contribution in [1.82, 2.24) is 19.5 Å². The zero-order valence-electron chi connectivity index (χ0n) is 16.3. The number of aromatic nitrogens is 4. The molecule has 30 heavy (non-hydrogen) atoms. The molecular formula is C26H16N4. The minimum atomic E-state index is 0.956. The van der Waals surface area contributed by atoms with Crippen molar-refractivity contribution in [1.29, 1.82) is 0 Å². The van der Waals surface area contributed by atoms with E-state index < -0.39 is 0 Å². The van der Waals surface area contributed by atoms with Crippen LogP contribution in [0.3, 0.4) is 0 Å². The van der Waals surface area contributed by atoms with Crippen molar-refractivity contribution in [2.75, 3.05) is 0 Å². The van der Waals surface area contributed by atoms with Gasteiger partial charge in [-0.15, -0.1) is 0 Å². The summed E-state index contributed by atoms with van der Waals surface area (Å²) in [6.45, 7) is 2.15. The normalized spacial score (nSPS) is 12.2. The molecule has 0 unspecified atom stereocenters. The van der Waals surface area contributed by atoms with Gasteiger partial charge < -0.3 is 4.57 Å². The Morgan fingerprint density at radius 2 is 1.47 bits per heavy atom. The lowest BCUT2D eigenvalue weighted by Crippen LogP contribution is -1.98. The van der Waals surface area contributed by atoms with Crippen molar-refractivity contribution in [3.63, 3.8) is 0 Å². The summed E-state index contributed by atoms with van der Waals surface area (Å²) >= 11 is 0. The fraction of sp³-hybridized carbons (Fsp3) is 0.0385. The molecule has 0 atom stereocenters. The third-order valence-corrected chi connectivity index (χ3v) is 6.26. The van der Waals surface area contributed by atoms with E-state index in [1.165, 1.54) is 38.2 Å². The van der Waals surface area contributed by atoms with Gasteiger partial charge in [-0.05, 0) is 36.1 Å². The summed E-state index contributed by atoms with van der Waals surface area (Å²) < 4.78 is 2.32. The summed E-state index contributed by atoms with van der Waals surface area (Å²) in [5, 5.41) is 4.88. The molecule has 7 rings (SSSR count). The third kappa shape index (κ3) is 1.83. The predicted molar refractivity (Wildman–Crippen MR) is 121 cm³/mol. The molecule has 0 amide bonds. The molecular weight excluding hydrogens is 368 g/mol. The van der Waals surface area contributed by atoms with Crippen molar-refractivity contribution in [3.05, 3.63) is 84.9 Å². The van der Waals surface area contributed by atoms with E-state index in [0.717, 1.165) is 28.2 Å². The highest BCUT2D eigenvalue weighted by Gasteiger charge is 2.29. The second-order valence-corrected chi connectivity index (χ2v) is 7.81. The van der Waals surface area contributed by atoms with E-state index in [2.05, 4.69) is 71.1 Å². The average Bonchev–Trinajstić information content (AvgIpc) is 3.32. The van der Waals surface area contributed by atoms with Crippen LogP contribution < -0.4 is 0 Å². The van der Waals surface area contributed by atoms with Crippen LogP contribution in [0.15, 0.2) is 79.4 Å². The highest BCUT2D eigenvalue weighted by molar-refractivity contribution is 6.18. The lowest BCUT2D eigenvalue weighted by molar-refractivity contribution is 1.16. The molecule has 0 aliphatic heterocycles. The highest BCUT2D eigenvalue weighted by Crippen LogP contribution is 2.50. The van der Waals surface area contributed by atoms with Crippen molar-refractivity contribution in [2.24, 2.45) is 0 Å². The van der Waals surface area contributed by atoms with E-state index in [-0.39, 0.29) is 0 Å². The average molecular weight is 384 g/mol. The van der Waals surface area contributed by atoms with Crippen LogP contribution in [0.1, 0.15) is 5.56 Å². The van der Waals surface area contributed by atoms with Gasteiger partial charge in [0.2, 0.25) is 0 Å². The van der Waals surface area contributed by atoms with Crippen LogP contribution in [-0.4, -0.2) is 19.5 Å². The van der Waals surface area contributed by atoms with Gasteiger partial charge in [0, 0.05) is 45.9 Å². The monoisotopic (exact) mass is 384 g/mol. The van der Waals surface area contributed by atoms with Crippen LogP contribution in [0.2, 0.25) is 0 Å². The summed E-state index contributed by atoms with van der Waals surface area (Å²) in [6.07, 6.45) is 7.39. The quantitative estimate of drug-likeness (QED) is 0.345. The highest BCUT2D eigenvalue weighted by atomic mass is 15.0. The molecule has 4 nitrogen and oxygen atoms in total. The first-order valence-electron chi connectivity index (χ1n) is 10.0. The van der Waals surface area contributed by atoms with E-state index in [1.807, 2.05) is 12.4 Å². The lowest BCUT2D eigenvalue weighted by Gasteiger charge is -2.13. The Labute approximate surface area is 172 Å². The first-order chi connectivity index (χ1) is 14.8. The molecule has 3 heterocycles. The van der Waals surface area contributed by atoms with Gasteiger partial charge in [-0.2, -0.15) is 0 Å². The second kappa shape index (κ2) is 5.51. The Kier molecular flexibility index (Phi) is 2.91. The van der Waals surface area contributed by atoms with Gasteiger partial charge >= 0.3 is 0 Å². The SMILES string of the molecule is Cc1ccc2ccc(-n3c4ccccc4c4ccncc43)c3c2c1-c1nccnc1-3. The number of hydrogen-bond donors (Lipinski definition) is 0. The molecule has 0 fully saturated rings. The maximum Gasteiger partial charge on any atom is 0.0993 e. The maximum atomic E-state index is 4.78. The molecule has 6 aromatic rings. The molecule has 0 bridgehead atoms. The van der Waals surface area contributed by atoms with Gasteiger partial charge in [-0.1, -0.05) is 36.4 Å². The molecule has 0 N–H and O–H groups in total. The molecule has 0 saturated carbocycles. The largest absolute Gasteiger partial charge is 0.307 e. The number of rotatable bonds is 1. The topological polar surface area (TPSA) is 43.6 Å². The van der Waals surface area contributed by atoms with E-state index in [9.17, 15) is 0 Å². The zero-order chi connectivity index (χ0) is 19.8. The predicted octanol–water partition coefficient (Wildman–Crippen LogP) is 6.08. The van der Waals surface area contributed by atoms with Gasteiger partial charge in [-0.3, -0.25) is 15.0 Å². The maximum absolute atomic E-state index is 4.78. The molecule has 140 valence electrons. The Balaban J connectivity index is 1.73. The van der Waals surface area contributed by atoms with Crippen molar-refractivity contribution >= 4 is 32.6 Å². The van der Waals surface area contributed by atoms with Crippen molar-refractivity contribution in [2.45, 2.75) is 6.92 Å². The van der Waals surface area contributed by atoms with Crippen LogP contribution in [-0.2, 0) is 0 Å². The zero-order valence-corrected chi connectivity index (χ0v) is 16.3. The summed E-state index contributed by atoms with van der Waals surface area (Å²) in [5.41, 5.74) is 8.90.